The zero-order valence-electron chi connectivity index (χ0n) is 15.0. The average molecular weight is 342 g/mol. The molecule has 2 heterocycles. The van der Waals surface area contributed by atoms with E-state index in [1.165, 1.54) is 6.33 Å². The lowest BCUT2D eigenvalue weighted by molar-refractivity contribution is 0.0669. The van der Waals surface area contributed by atoms with Crippen molar-refractivity contribution in [3.05, 3.63) is 36.2 Å². The van der Waals surface area contributed by atoms with Crippen LogP contribution in [0.4, 0.5) is 0 Å². The predicted octanol–water partition coefficient (Wildman–Crippen LogP) is 1.86. The van der Waals surface area contributed by atoms with Crippen LogP contribution in [0.5, 0.6) is 0 Å². The number of likely N-dealkylation sites (tertiary alicyclic amines) is 1. The van der Waals surface area contributed by atoms with E-state index in [1.54, 1.807) is 4.68 Å². The zero-order chi connectivity index (χ0) is 17.6. The molecular formula is C18H26N6O. The first-order valence-corrected chi connectivity index (χ1v) is 9.06. The van der Waals surface area contributed by atoms with Gasteiger partial charge in [0.15, 0.2) is 0 Å². The minimum absolute atomic E-state index is 0.0937. The summed E-state index contributed by atoms with van der Waals surface area (Å²) in [6.07, 6.45) is 3.69. The topological polar surface area (TPSA) is 67.2 Å². The molecule has 1 amide bonds. The number of amides is 1. The number of nitrogens with zero attached hydrogens (tertiary/aromatic N) is 6. The van der Waals surface area contributed by atoms with Gasteiger partial charge in [0.1, 0.15) is 6.33 Å². The molecule has 0 radical (unpaired) electrons. The highest BCUT2D eigenvalue weighted by Gasteiger charge is 2.24. The number of rotatable bonds is 6. The number of carbonyl (C=O) groups excluding carboxylic acids is 1. The van der Waals surface area contributed by atoms with Crippen LogP contribution in [0.3, 0.4) is 0 Å². The van der Waals surface area contributed by atoms with E-state index in [1.807, 2.05) is 29.2 Å². The molecule has 7 heteroatoms. The molecule has 7 nitrogen and oxygen atoms in total. The van der Waals surface area contributed by atoms with Gasteiger partial charge in [-0.05, 0) is 60.5 Å². The third kappa shape index (κ3) is 4.22. The van der Waals surface area contributed by atoms with Gasteiger partial charge in [-0.2, -0.15) is 0 Å². The largest absolute Gasteiger partial charge is 0.339 e. The van der Waals surface area contributed by atoms with Crippen molar-refractivity contribution in [2.24, 2.45) is 5.92 Å². The molecule has 0 atom stereocenters. The van der Waals surface area contributed by atoms with Gasteiger partial charge >= 0.3 is 0 Å². The standard InChI is InChI=1S/C18H26N6O/c1-3-22(4-2)13-15-8-10-23(11-9-15)18(25)16-6-5-7-17(12-16)24-14-19-20-21-24/h5-7,12,14-15H,3-4,8-11,13H2,1-2H3. The van der Waals surface area contributed by atoms with Crippen molar-refractivity contribution < 1.29 is 4.79 Å². The van der Waals surface area contributed by atoms with Gasteiger partial charge < -0.3 is 9.80 Å². The van der Waals surface area contributed by atoms with Crippen molar-refractivity contribution in [1.29, 1.82) is 0 Å². The summed E-state index contributed by atoms with van der Waals surface area (Å²) >= 11 is 0. The molecule has 1 aliphatic rings. The van der Waals surface area contributed by atoms with Crippen molar-refractivity contribution in [1.82, 2.24) is 30.0 Å². The SMILES string of the molecule is CCN(CC)CC1CCN(C(=O)c2cccc(-n3cnnn3)c2)CC1. The van der Waals surface area contributed by atoms with Crippen LogP contribution in [-0.2, 0) is 0 Å². The summed E-state index contributed by atoms with van der Waals surface area (Å²) in [5.41, 5.74) is 1.49. The molecular weight excluding hydrogens is 316 g/mol. The van der Waals surface area contributed by atoms with Gasteiger partial charge in [0.2, 0.25) is 0 Å². The van der Waals surface area contributed by atoms with E-state index in [-0.39, 0.29) is 5.91 Å². The van der Waals surface area contributed by atoms with Gasteiger partial charge in [-0.3, -0.25) is 4.79 Å². The molecule has 1 fully saturated rings. The van der Waals surface area contributed by atoms with Crippen molar-refractivity contribution in [3.8, 4) is 5.69 Å². The third-order valence-corrected chi connectivity index (χ3v) is 5.02. The molecule has 0 bridgehead atoms. The Kier molecular flexibility index (Phi) is 5.75. The van der Waals surface area contributed by atoms with Crippen LogP contribution >= 0.6 is 0 Å². The molecule has 0 N–H and O–H groups in total. The molecule has 1 aromatic heterocycles. The zero-order valence-corrected chi connectivity index (χ0v) is 15.0. The van der Waals surface area contributed by atoms with Crippen molar-refractivity contribution >= 4 is 5.91 Å². The summed E-state index contributed by atoms with van der Waals surface area (Å²) in [5.74, 6) is 0.785. The lowest BCUT2D eigenvalue weighted by Crippen LogP contribution is -2.41. The quantitative estimate of drug-likeness (QED) is 0.801. The Morgan fingerprint density at radius 3 is 2.64 bits per heavy atom. The molecule has 1 aromatic carbocycles. The van der Waals surface area contributed by atoms with Crippen LogP contribution in [0, 0.1) is 5.92 Å². The number of tetrazole rings is 1. The summed E-state index contributed by atoms with van der Waals surface area (Å²) in [5, 5.41) is 11.2. The van der Waals surface area contributed by atoms with Gasteiger partial charge in [-0.1, -0.05) is 19.9 Å². The van der Waals surface area contributed by atoms with Crippen molar-refractivity contribution in [2.75, 3.05) is 32.7 Å². The maximum Gasteiger partial charge on any atom is 0.253 e. The van der Waals surface area contributed by atoms with E-state index in [4.69, 9.17) is 0 Å². The Morgan fingerprint density at radius 2 is 2.00 bits per heavy atom. The van der Waals surface area contributed by atoms with E-state index in [9.17, 15) is 4.79 Å². The summed E-state index contributed by atoms with van der Waals surface area (Å²) in [7, 11) is 0. The molecule has 134 valence electrons. The van der Waals surface area contributed by atoms with Crippen LogP contribution in [0.25, 0.3) is 5.69 Å². The minimum Gasteiger partial charge on any atom is -0.339 e. The van der Waals surface area contributed by atoms with Gasteiger partial charge in [-0.15, -0.1) is 5.10 Å². The van der Waals surface area contributed by atoms with E-state index < -0.39 is 0 Å². The fourth-order valence-corrected chi connectivity index (χ4v) is 3.41. The maximum atomic E-state index is 12.8. The lowest BCUT2D eigenvalue weighted by atomic mass is 9.95. The first kappa shape index (κ1) is 17.5. The number of hydrogen-bond donors (Lipinski definition) is 0. The monoisotopic (exact) mass is 342 g/mol. The summed E-state index contributed by atoms with van der Waals surface area (Å²) in [4.78, 5) is 17.3. The van der Waals surface area contributed by atoms with Crippen molar-refractivity contribution in [2.45, 2.75) is 26.7 Å². The van der Waals surface area contributed by atoms with Gasteiger partial charge in [0, 0.05) is 25.2 Å². The average Bonchev–Trinajstić information content (AvgIpc) is 3.21. The Bertz CT molecular complexity index is 675. The molecule has 0 saturated carbocycles. The van der Waals surface area contributed by atoms with E-state index >= 15 is 0 Å². The minimum atomic E-state index is 0.0937. The van der Waals surface area contributed by atoms with Crippen LogP contribution < -0.4 is 0 Å². The second-order valence-corrected chi connectivity index (χ2v) is 6.53. The third-order valence-electron chi connectivity index (χ3n) is 5.02. The molecule has 1 saturated heterocycles. The fourth-order valence-electron chi connectivity index (χ4n) is 3.41. The van der Waals surface area contributed by atoms with Gasteiger partial charge in [0.25, 0.3) is 5.91 Å². The summed E-state index contributed by atoms with van der Waals surface area (Å²) in [6, 6.07) is 7.47. The maximum absolute atomic E-state index is 12.8. The number of piperidine rings is 1. The molecule has 25 heavy (non-hydrogen) atoms. The van der Waals surface area contributed by atoms with Gasteiger partial charge in [-0.25, -0.2) is 4.68 Å². The highest BCUT2D eigenvalue weighted by molar-refractivity contribution is 5.94. The molecule has 0 spiro atoms. The van der Waals surface area contributed by atoms with Gasteiger partial charge in [0.05, 0.1) is 5.69 Å². The number of hydrogen-bond acceptors (Lipinski definition) is 5. The van der Waals surface area contributed by atoms with Crippen LogP contribution in [0.15, 0.2) is 30.6 Å². The Hall–Kier alpha value is -2.28. The normalized spacial score (nSPS) is 15.7. The Labute approximate surface area is 148 Å². The fraction of sp³-hybridized carbons (Fsp3) is 0.556. The van der Waals surface area contributed by atoms with E-state index in [0.29, 0.717) is 11.5 Å². The smallest absolute Gasteiger partial charge is 0.253 e. The highest BCUT2D eigenvalue weighted by atomic mass is 16.2. The predicted molar refractivity (Wildman–Crippen MR) is 95.6 cm³/mol. The van der Waals surface area contributed by atoms with E-state index in [2.05, 4.69) is 34.3 Å². The molecule has 1 aliphatic heterocycles. The highest BCUT2D eigenvalue weighted by Crippen LogP contribution is 2.21. The molecule has 0 aliphatic carbocycles. The second-order valence-electron chi connectivity index (χ2n) is 6.53. The first-order valence-electron chi connectivity index (χ1n) is 9.06. The Balaban J connectivity index is 1.60. The summed E-state index contributed by atoms with van der Waals surface area (Å²) in [6.45, 7) is 9.42. The lowest BCUT2D eigenvalue weighted by Gasteiger charge is -2.34. The molecule has 3 rings (SSSR count). The number of carbonyl (C=O) groups is 1. The first-order chi connectivity index (χ1) is 12.2. The van der Waals surface area contributed by atoms with E-state index in [0.717, 1.165) is 51.3 Å². The van der Waals surface area contributed by atoms with Crippen LogP contribution in [-0.4, -0.2) is 68.6 Å². The second kappa shape index (κ2) is 8.20. The van der Waals surface area contributed by atoms with Crippen molar-refractivity contribution in [3.63, 3.8) is 0 Å². The van der Waals surface area contributed by atoms with Crippen LogP contribution in [0.1, 0.15) is 37.0 Å². The molecule has 2 aromatic rings. The summed E-state index contributed by atoms with van der Waals surface area (Å²) < 4.78 is 1.56. The molecule has 0 unspecified atom stereocenters. The Morgan fingerprint density at radius 1 is 1.24 bits per heavy atom. The number of aromatic nitrogens is 4. The number of benzene rings is 1. The van der Waals surface area contributed by atoms with Crippen LogP contribution in [0.2, 0.25) is 0 Å².